The van der Waals surface area contributed by atoms with Crippen molar-refractivity contribution in [2.24, 2.45) is 5.92 Å². The minimum atomic E-state index is -0.918. The first kappa shape index (κ1) is 23.3. The highest BCUT2D eigenvalue weighted by molar-refractivity contribution is 6.06. The summed E-state index contributed by atoms with van der Waals surface area (Å²) in [4.78, 5) is 35.3. The van der Waals surface area contributed by atoms with Crippen LogP contribution in [0.25, 0.3) is 0 Å². The number of carboxylic acids is 1. The van der Waals surface area contributed by atoms with Gasteiger partial charge in [-0.15, -0.1) is 0 Å². The van der Waals surface area contributed by atoms with E-state index in [9.17, 15) is 14.7 Å². The SMILES string of the molecule is CC(C)CN(C(=O)c1ccc(N2CCN(c3cccc(C(=O)O)c3)CC2)nc1)c1ccccc1. The zero-order valence-electron chi connectivity index (χ0n) is 19.6. The number of hydrogen-bond acceptors (Lipinski definition) is 5. The van der Waals surface area contributed by atoms with E-state index < -0.39 is 5.97 Å². The highest BCUT2D eigenvalue weighted by Crippen LogP contribution is 2.22. The number of para-hydroxylation sites is 1. The molecule has 1 N–H and O–H groups in total. The number of amides is 1. The van der Waals surface area contributed by atoms with E-state index >= 15 is 0 Å². The average molecular weight is 459 g/mol. The Balaban J connectivity index is 1.42. The van der Waals surface area contributed by atoms with Crippen LogP contribution in [0.4, 0.5) is 17.2 Å². The Hall–Kier alpha value is -3.87. The summed E-state index contributed by atoms with van der Waals surface area (Å²) in [6.07, 6.45) is 1.66. The number of carbonyl (C=O) groups is 2. The van der Waals surface area contributed by atoms with Gasteiger partial charge >= 0.3 is 5.97 Å². The van der Waals surface area contributed by atoms with Gasteiger partial charge in [0.1, 0.15) is 5.82 Å². The smallest absolute Gasteiger partial charge is 0.335 e. The lowest BCUT2D eigenvalue weighted by atomic mass is 10.1. The topological polar surface area (TPSA) is 77.0 Å². The van der Waals surface area contributed by atoms with Crippen LogP contribution in [0.1, 0.15) is 34.6 Å². The van der Waals surface area contributed by atoms with Crippen molar-refractivity contribution in [2.45, 2.75) is 13.8 Å². The summed E-state index contributed by atoms with van der Waals surface area (Å²) in [5, 5.41) is 9.24. The molecule has 0 aliphatic carbocycles. The van der Waals surface area contributed by atoms with Gasteiger partial charge in [0.05, 0.1) is 11.1 Å². The summed E-state index contributed by atoms with van der Waals surface area (Å²) in [5.74, 6) is 0.204. The van der Waals surface area contributed by atoms with Crippen LogP contribution in [-0.4, -0.2) is 54.7 Å². The molecule has 1 aliphatic heterocycles. The fourth-order valence-electron chi connectivity index (χ4n) is 4.16. The molecule has 1 aliphatic rings. The predicted molar refractivity (Wildman–Crippen MR) is 135 cm³/mol. The highest BCUT2D eigenvalue weighted by atomic mass is 16.4. The molecule has 0 radical (unpaired) electrons. The number of carbonyl (C=O) groups excluding carboxylic acids is 1. The lowest BCUT2D eigenvalue weighted by molar-refractivity contribution is 0.0696. The highest BCUT2D eigenvalue weighted by Gasteiger charge is 2.22. The first-order valence-corrected chi connectivity index (χ1v) is 11.6. The molecule has 0 spiro atoms. The van der Waals surface area contributed by atoms with Gasteiger partial charge in [0.25, 0.3) is 5.91 Å². The van der Waals surface area contributed by atoms with E-state index in [1.54, 1.807) is 24.4 Å². The number of hydrogen-bond donors (Lipinski definition) is 1. The number of aromatic nitrogens is 1. The van der Waals surface area contributed by atoms with Crippen molar-refractivity contribution in [3.05, 3.63) is 84.1 Å². The van der Waals surface area contributed by atoms with Crippen molar-refractivity contribution in [1.82, 2.24) is 4.98 Å². The average Bonchev–Trinajstić information content (AvgIpc) is 2.87. The molecule has 2 heterocycles. The molecule has 7 nitrogen and oxygen atoms in total. The number of nitrogens with zero attached hydrogens (tertiary/aromatic N) is 4. The van der Waals surface area contributed by atoms with E-state index in [0.717, 1.165) is 43.4 Å². The molecule has 0 unspecified atom stereocenters. The quantitative estimate of drug-likeness (QED) is 0.565. The molecule has 4 rings (SSSR count). The first-order valence-electron chi connectivity index (χ1n) is 11.6. The van der Waals surface area contributed by atoms with Crippen molar-refractivity contribution in [3.63, 3.8) is 0 Å². The van der Waals surface area contributed by atoms with Gasteiger partial charge in [-0.2, -0.15) is 0 Å². The monoisotopic (exact) mass is 458 g/mol. The zero-order valence-corrected chi connectivity index (χ0v) is 19.6. The summed E-state index contributed by atoms with van der Waals surface area (Å²) < 4.78 is 0. The predicted octanol–water partition coefficient (Wildman–Crippen LogP) is 4.41. The lowest BCUT2D eigenvalue weighted by Gasteiger charge is -2.36. The van der Waals surface area contributed by atoms with Crippen molar-refractivity contribution < 1.29 is 14.7 Å². The molecule has 1 amide bonds. The molecular weight excluding hydrogens is 428 g/mol. The number of rotatable bonds is 7. The van der Waals surface area contributed by atoms with Crippen molar-refractivity contribution in [2.75, 3.05) is 47.4 Å². The molecule has 0 atom stereocenters. The molecular formula is C27H30N4O3. The zero-order chi connectivity index (χ0) is 24.1. The Morgan fingerprint density at radius 1 is 0.912 bits per heavy atom. The Kier molecular flexibility index (Phi) is 7.11. The lowest BCUT2D eigenvalue weighted by Crippen LogP contribution is -2.46. The second-order valence-electron chi connectivity index (χ2n) is 8.88. The third-order valence-corrected chi connectivity index (χ3v) is 5.92. The van der Waals surface area contributed by atoms with Crippen molar-refractivity contribution in [1.29, 1.82) is 0 Å². The number of carboxylic acid groups (broad SMARTS) is 1. The Morgan fingerprint density at radius 2 is 1.62 bits per heavy atom. The van der Waals surface area contributed by atoms with Gasteiger partial charge in [0, 0.05) is 50.3 Å². The first-order chi connectivity index (χ1) is 16.4. The standard InChI is InChI=1S/C27H30N4O3/c1-20(2)19-31(23-8-4-3-5-9-23)26(32)22-11-12-25(28-18-22)30-15-13-29(14-16-30)24-10-6-7-21(17-24)27(33)34/h3-12,17-18,20H,13-16,19H2,1-2H3,(H,33,34). The molecule has 0 bridgehead atoms. The summed E-state index contributed by atoms with van der Waals surface area (Å²) >= 11 is 0. The maximum absolute atomic E-state index is 13.3. The summed E-state index contributed by atoms with van der Waals surface area (Å²) in [5.41, 5.74) is 2.66. The van der Waals surface area contributed by atoms with Crippen LogP contribution in [0, 0.1) is 5.92 Å². The van der Waals surface area contributed by atoms with Crippen LogP contribution in [0.5, 0.6) is 0 Å². The third-order valence-electron chi connectivity index (χ3n) is 5.92. The van der Waals surface area contributed by atoms with Crippen LogP contribution in [0.3, 0.4) is 0 Å². The number of pyridine rings is 1. The van der Waals surface area contributed by atoms with E-state index in [2.05, 4.69) is 28.6 Å². The van der Waals surface area contributed by atoms with E-state index in [-0.39, 0.29) is 5.91 Å². The Morgan fingerprint density at radius 3 is 2.24 bits per heavy atom. The second-order valence-corrected chi connectivity index (χ2v) is 8.88. The van der Waals surface area contributed by atoms with Gasteiger partial charge in [0.15, 0.2) is 0 Å². The molecule has 1 saturated heterocycles. The van der Waals surface area contributed by atoms with Gasteiger partial charge in [-0.05, 0) is 48.4 Å². The van der Waals surface area contributed by atoms with Crippen molar-refractivity contribution in [3.8, 4) is 0 Å². The third kappa shape index (κ3) is 5.36. The second kappa shape index (κ2) is 10.4. The largest absolute Gasteiger partial charge is 0.478 e. The fourth-order valence-corrected chi connectivity index (χ4v) is 4.16. The Labute approximate surface area is 200 Å². The number of piperazine rings is 1. The minimum Gasteiger partial charge on any atom is -0.478 e. The van der Waals surface area contributed by atoms with Gasteiger partial charge in [0.2, 0.25) is 0 Å². The van der Waals surface area contributed by atoms with Gasteiger partial charge < -0.3 is 19.8 Å². The Bertz CT molecular complexity index is 1120. The summed E-state index contributed by atoms with van der Waals surface area (Å²) in [6, 6.07) is 20.5. The summed E-state index contributed by atoms with van der Waals surface area (Å²) in [7, 11) is 0. The molecule has 1 aromatic heterocycles. The number of aromatic carboxylic acids is 1. The van der Waals surface area contributed by atoms with Crippen LogP contribution in [-0.2, 0) is 0 Å². The number of benzene rings is 2. The van der Waals surface area contributed by atoms with Gasteiger partial charge in [-0.25, -0.2) is 9.78 Å². The fraction of sp³-hybridized carbons (Fsp3) is 0.296. The molecule has 1 fully saturated rings. The van der Waals surface area contributed by atoms with Gasteiger partial charge in [-0.1, -0.05) is 38.1 Å². The van der Waals surface area contributed by atoms with Crippen LogP contribution in [0.2, 0.25) is 0 Å². The summed E-state index contributed by atoms with van der Waals surface area (Å²) in [6.45, 7) is 7.89. The van der Waals surface area contributed by atoms with Crippen LogP contribution >= 0.6 is 0 Å². The normalized spacial score (nSPS) is 13.7. The number of anilines is 3. The van der Waals surface area contributed by atoms with E-state index in [4.69, 9.17) is 0 Å². The van der Waals surface area contributed by atoms with E-state index in [1.165, 1.54) is 0 Å². The van der Waals surface area contributed by atoms with Crippen LogP contribution < -0.4 is 14.7 Å². The van der Waals surface area contributed by atoms with E-state index in [1.807, 2.05) is 53.4 Å². The molecule has 3 aromatic rings. The molecule has 176 valence electrons. The molecule has 7 heteroatoms. The molecule has 0 saturated carbocycles. The van der Waals surface area contributed by atoms with Gasteiger partial charge in [-0.3, -0.25) is 4.79 Å². The maximum Gasteiger partial charge on any atom is 0.335 e. The maximum atomic E-state index is 13.3. The van der Waals surface area contributed by atoms with E-state index in [0.29, 0.717) is 23.6 Å². The van der Waals surface area contributed by atoms with Crippen molar-refractivity contribution >= 4 is 29.1 Å². The van der Waals surface area contributed by atoms with Crippen LogP contribution in [0.15, 0.2) is 72.9 Å². The molecule has 2 aromatic carbocycles. The molecule has 34 heavy (non-hydrogen) atoms. The minimum absolute atomic E-state index is 0.0536.